The van der Waals surface area contributed by atoms with Crippen LogP contribution in [0.1, 0.15) is 27.0 Å². The fraction of sp³-hybridized carbons (Fsp3) is 0.176. The van der Waals surface area contributed by atoms with Crippen molar-refractivity contribution in [3.05, 3.63) is 52.6 Å². The SMILES string of the molecule is Cc1cc(C)c(-c2n[nH]c3ccc(C(=O)O)cc23)c(C)c1. The maximum Gasteiger partial charge on any atom is 0.335 e. The number of benzene rings is 2. The van der Waals surface area contributed by atoms with Crippen molar-refractivity contribution in [1.82, 2.24) is 10.2 Å². The Balaban J connectivity index is 2.30. The number of carboxylic acid groups (broad SMARTS) is 1. The summed E-state index contributed by atoms with van der Waals surface area (Å²) in [7, 11) is 0. The van der Waals surface area contributed by atoms with Crippen LogP contribution >= 0.6 is 0 Å². The molecule has 0 radical (unpaired) electrons. The number of hydrogen-bond acceptors (Lipinski definition) is 2. The molecule has 1 heterocycles. The lowest BCUT2D eigenvalue weighted by Gasteiger charge is -2.09. The van der Waals surface area contributed by atoms with Gasteiger partial charge < -0.3 is 5.11 Å². The molecule has 0 aliphatic carbocycles. The Morgan fingerprint density at radius 1 is 1.10 bits per heavy atom. The summed E-state index contributed by atoms with van der Waals surface area (Å²) in [4.78, 5) is 11.2. The number of H-pyrrole nitrogens is 1. The zero-order valence-corrected chi connectivity index (χ0v) is 12.2. The second-order valence-corrected chi connectivity index (χ2v) is 5.41. The number of rotatable bonds is 2. The van der Waals surface area contributed by atoms with Gasteiger partial charge in [0.05, 0.1) is 11.1 Å². The lowest BCUT2D eigenvalue weighted by Crippen LogP contribution is -1.95. The van der Waals surface area contributed by atoms with Crippen LogP contribution in [0.15, 0.2) is 30.3 Å². The van der Waals surface area contributed by atoms with Crippen LogP contribution in [0.5, 0.6) is 0 Å². The number of nitrogens with one attached hydrogen (secondary N) is 1. The molecule has 0 atom stereocenters. The van der Waals surface area contributed by atoms with E-state index in [1.807, 2.05) is 0 Å². The molecule has 4 heteroatoms. The van der Waals surface area contributed by atoms with Gasteiger partial charge in [-0.15, -0.1) is 0 Å². The summed E-state index contributed by atoms with van der Waals surface area (Å²) in [6.45, 7) is 6.17. The standard InChI is InChI=1S/C17H16N2O2/c1-9-6-10(2)15(11(3)7-9)16-13-8-12(17(20)21)4-5-14(13)18-19-16/h4-8H,1-3H3,(H,18,19)(H,20,21). The molecule has 2 aromatic carbocycles. The average molecular weight is 280 g/mol. The van der Waals surface area contributed by atoms with Gasteiger partial charge >= 0.3 is 5.97 Å². The van der Waals surface area contributed by atoms with Crippen LogP contribution in [-0.4, -0.2) is 21.3 Å². The Hall–Kier alpha value is -2.62. The van der Waals surface area contributed by atoms with Crippen LogP contribution in [0.25, 0.3) is 22.2 Å². The summed E-state index contributed by atoms with van der Waals surface area (Å²) in [5.74, 6) is -0.929. The average Bonchev–Trinajstić information content (AvgIpc) is 2.80. The zero-order chi connectivity index (χ0) is 15.1. The predicted octanol–water partition coefficient (Wildman–Crippen LogP) is 3.85. The number of carbonyl (C=O) groups is 1. The molecule has 0 amide bonds. The number of hydrogen-bond donors (Lipinski definition) is 2. The Morgan fingerprint density at radius 2 is 1.76 bits per heavy atom. The summed E-state index contributed by atoms with van der Waals surface area (Å²) >= 11 is 0. The van der Waals surface area contributed by atoms with Crippen molar-refractivity contribution < 1.29 is 9.90 Å². The van der Waals surface area contributed by atoms with Crippen molar-refractivity contribution in [3.8, 4) is 11.3 Å². The van der Waals surface area contributed by atoms with Crippen LogP contribution in [0.2, 0.25) is 0 Å². The predicted molar refractivity (Wildman–Crippen MR) is 82.7 cm³/mol. The van der Waals surface area contributed by atoms with Crippen LogP contribution in [-0.2, 0) is 0 Å². The third-order valence-corrected chi connectivity index (χ3v) is 3.72. The molecular formula is C17H16N2O2. The molecule has 0 fully saturated rings. The van der Waals surface area contributed by atoms with E-state index in [0.717, 1.165) is 33.3 Å². The van der Waals surface area contributed by atoms with Crippen LogP contribution < -0.4 is 0 Å². The van der Waals surface area contributed by atoms with Gasteiger partial charge in [0.2, 0.25) is 0 Å². The fourth-order valence-electron chi connectivity index (χ4n) is 2.89. The molecule has 0 saturated heterocycles. The molecule has 0 spiro atoms. The maximum atomic E-state index is 11.2. The Bertz CT molecular complexity index is 839. The molecule has 0 aliphatic heterocycles. The first-order valence-electron chi connectivity index (χ1n) is 6.77. The lowest BCUT2D eigenvalue weighted by atomic mass is 9.95. The lowest BCUT2D eigenvalue weighted by molar-refractivity contribution is 0.0697. The van der Waals surface area contributed by atoms with E-state index in [1.54, 1.807) is 18.2 Å². The Morgan fingerprint density at radius 3 is 2.38 bits per heavy atom. The van der Waals surface area contributed by atoms with E-state index in [1.165, 1.54) is 5.56 Å². The van der Waals surface area contributed by atoms with E-state index in [4.69, 9.17) is 5.11 Å². The highest BCUT2D eigenvalue weighted by Gasteiger charge is 2.15. The highest BCUT2D eigenvalue weighted by atomic mass is 16.4. The smallest absolute Gasteiger partial charge is 0.335 e. The molecule has 0 bridgehead atoms. The van der Waals surface area contributed by atoms with Crippen LogP contribution in [0.4, 0.5) is 0 Å². The van der Waals surface area contributed by atoms with Crippen LogP contribution in [0.3, 0.4) is 0 Å². The van der Waals surface area contributed by atoms with E-state index in [9.17, 15) is 4.79 Å². The number of aromatic carboxylic acids is 1. The fourth-order valence-corrected chi connectivity index (χ4v) is 2.89. The second kappa shape index (κ2) is 4.74. The van der Waals surface area contributed by atoms with Gasteiger partial charge in [0.15, 0.2) is 0 Å². The largest absolute Gasteiger partial charge is 0.478 e. The topological polar surface area (TPSA) is 66.0 Å². The first-order valence-corrected chi connectivity index (χ1v) is 6.77. The quantitative estimate of drug-likeness (QED) is 0.749. The third kappa shape index (κ3) is 2.18. The van der Waals surface area contributed by atoms with Crippen molar-refractivity contribution in [1.29, 1.82) is 0 Å². The summed E-state index contributed by atoms with van der Waals surface area (Å²) in [6.07, 6.45) is 0. The molecule has 1 aromatic heterocycles. The van der Waals surface area contributed by atoms with Crippen molar-refractivity contribution in [2.45, 2.75) is 20.8 Å². The molecule has 0 unspecified atom stereocenters. The molecule has 0 aliphatic rings. The molecule has 4 nitrogen and oxygen atoms in total. The van der Waals surface area contributed by atoms with Crippen molar-refractivity contribution in [2.24, 2.45) is 0 Å². The van der Waals surface area contributed by atoms with Crippen molar-refractivity contribution >= 4 is 16.9 Å². The summed E-state index contributed by atoms with van der Waals surface area (Å²) in [6, 6.07) is 9.25. The highest BCUT2D eigenvalue weighted by molar-refractivity contribution is 5.99. The molecule has 106 valence electrons. The normalized spacial score (nSPS) is 11.0. The molecule has 2 N–H and O–H groups in total. The minimum absolute atomic E-state index is 0.271. The molecular weight excluding hydrogens is 264 g/mol. The Kier molecular flexibility index (Phi) is 3.01. The number of aromatic nitrogens is 2. The number of nitrogens with zero attached hydrogens (tertiary/aromatic N) is 1. The van der Waals surface area contributed by atoms with E-state index in [0.29, 0.717) is 0 Å². The number of carboxylic acids is 1. The van der Waals surface area contributed by atoms with E-state index in [2.05, 4.69) is 43.1 Å². The molecule has 21 heavy (non-hydrogen) atoms. The minimum atomic E-state index is -0.929. The van der Waals surface area contributed by atoms with Crippen molar-refractivity contribution in [2.75, 3.05) is 0 Å². The van der Waals surface area contributed by atoms with Gasteiger partial charge in [-0.1, -0.05) is 17.7 Å². The van der Waals surface area contributed by atoms with Crippen molar-refractivity contribution in [3.63, 3.8) is 0 Å². The van der Waals surface area contributed by atoms with Gasteiger partial charge in [-0.2, -0.15) is 5.10 Å². The molecule has 3 rings (SSSR count). The first kappa shape index (κ1) is 13.4. The Labute approximate surface area is 122 Å². The number of aryl methyl sites for hydroxylation is 3. The van der Waals surface area contributed by atoms with Gasteiger partial charge in [0.1, 0.15) is 5.69 Å². The van der Waals surface area contributed by atoms with Crippen LogP contribution in [0, 0.1) is 20.8 Å². The number of fused-ring (bicyclic) bond motifs is 1. The van der Waals surface area contributed by atoms with Gasteiger partial charge in [0.25, 0.3) is 0 Å². The third-order valence-electron chi connectivity index (χ3n) is 3.72. The maximum absolute atomic E-state index is 11.2. The summed E-state index contributed by atoms with van der Waals surface area (Å²) in [5.41, 5.74) is 6.47. The summed E-state index contributed by atoms with van der Waals surface area (Å²) in [5, 5.41) is 17.4. The van der Waals surface area contributed by atoms with E-state index < -0.39 is 5.97 Å². The highest BCUT2D eigenvalue weighted by Crippen LogP contribution is 2.32. The van der Waals surface area contributed by atoms with Gasteiger partial charge in [-0.3, -0.25) is 5.10 Å². The first-order chi connectivity index (χ1) is 9.97. The molecule has 3 aromatic rings. The minimum Gasteiger partial charge on any atom is -0.478 e. The van der Waals surface area contributed by atoms with Gasteiger partial charge in [-0.05, 0) is 50.1 Å². The van der Waals surface area contributed by atoms with E-state index in [-0.39, 0.29) is 5.56 Å². The van der Waals surface area contributed by atoms with E-state index >= 15 is 0 Å². The second-order valence-electron chi connectivity index (χ2n) is 5.41. The zero-order valence-electron chi connectivity index (χ0n) is 12.2. The monoisotopic (exact) mass is 280 g/mol. The number of aromatic amines is 1. The van der Waals surface area contributed by atoms with Gasteiger partial charge in [-0.25, -0.2) is 4.79 Å². The molecule has 0 saturated carbocycles. The van der Waals surface area contributed by atoms with Gasteiger partial charge in [0, 0.05) is 10.9 Å². The summed E-state index contributed by atoms with van der Waals surface area (Å²) < 4.78 is 0.